The van der Waals surface area contributed by atoms with Gasteiger partial charge in [0.1, 0.15) is 23.2 Å². The van der Waals surface area contributed by atoms with Gasteiger partial charge in [-0.15, -0.1) is 0 Å². The van der Waals surface area contributed by atoms with Crippen LogP contribution in [0.5, 0.6) is 0 Å². The number of halogens is 1. The monoisotopic (exact) mass is 429 g/mol. The summed E-state index contributed by atoms with van der Waals surface area (Å²) in [5.41, 5.74) is 0.935. The van der Waals surface area contributed by atoms with Gasteiger partial charge in [0.25, 0.3) is 5.91 Å². The molecule has 6 nitrogen and oxygen atoms in total. The van der Waals surface area contributed by atoms with Crippen LogP contribution in [-0.2, 0) is 9.53 Å². The lowest BCUT2D eigenvalue weighted by Gasteiger charge is -2.26. The van der Waals surface area contributed by atoms with Gasteiger partial charge in [0.15, 0.2) is 0 Å². The third-order valence-corrected chi connectivity index (χ3v) is 4.70. The van der Waals surface area contributed by atoms with Crippen LogP contribution in [0.3, 0.4) is 0 Å². The van der Waals surface area contributed by atoms with E-state index in [1.54, 1.807) is 6.07 Å². The minimum Gasteiger partial charge on any atom is -0.457 e. The van der Waals surface area contributed by atoms with Crippen molar-refractivity contribution in [3.63, 3.8) is 0 Å². The van der Waals surface area contributed by atoms with E-state index >= 15 is 0 Å². The number of ether oxygens (including phenoxy) is 1. The van der Waals surface area contributed by atoms with E-state index in [1.807, 2.05) is 36.4 Å². The van der Waals surface area contributed by atoms with E-state index in [1.165, 1.54) is 6.08 Å². The van der Waals surface area contributed by atoms with Gasteiger partial charge in [-0.05, 0) is 24.3 Å². The van der Waals surface area contributed by atoms with Crippen LogP contribution < -0.4 is 5.32 Å². The number of nitriles is 1. The first-order valence-corrected chi connectivity index (χ1v) is 9.51. The zero-order valence-corrected chi connectivity index (χ0v) is 16.4. The Bertz CT molecular complexity index is 863. The van der Waals surface area contributed by atoms with Gasteiger partial charge < -0.3 is 14.5 Å². The molecule has 3 rings (SSSR count). The zero-order valence-electron chi connectivity index (χ0n) is 14.8. The van der Waals surface area contributed by atoms with Crippen molar-refractivity contribution >= 4 is 27.9 Å². The highest BCUT2D eigenvalue weighted by Gasteiger charge is 2.13. The fourth-order valence-corrected chi connectivity index (χ4v) is 3.16. The Hall–Kier alpha value is -2.40. The van der Waals surface area contributed by atoms with Crippen molar-refractivity contribution in [1.29, 1.82) is 5.26 Å². The summed E-state index contributed by atoms with van der Waals surface area (Å²) in [6, 6.07) is 13.2. The number of morpholine rings is 1. The van der Waals surface area contributed by atoms with Crippen LogP contribution in [0.1, 0.15) is 5.76 Å². The summed E-state index contributed by atoms with van der Waals surface area (Å²) in [6.45, 7) is 4.39. The summed E-state index contributed by atoms with van der Waals surface area (Å²) in [5.74, 6) is 0.739. The molecule has 1 fully saturated rings. The molecule has 1 aliphatic rings. The summed E-state index contributed by atoms with van der Waals surface area (Å²) >= 11 is 3.43. The van der Waals surface area contributed by atoms with Crippen LogP contribution in [0.2, 0.25) is 0 Å². The topological polar surface area (TPSA) is 78.5 Å². The molecule has 0 saturated carbocycles. The number of carbonyl (C=O) groups excluding carboxylic acids is 1. The first-order valence-electron chi connectivity index (χ1n) is 8.71. The van der Waals surface area contributed by atoms with E-state index in [2.05, 4.69) is 26.1 Å². The highest BCUT2D eigenvalue weighted by atomic mass is 79.9. The van der Waals surface area contributed by atoms with E-state index in [0.717, 1.165) is 42.9 Å². The lowest BCUT2D eigenvalue weighted by atomic mass is 10.2. The van der Waals surface area contributed by atoms with Crippen molar-refractivity contribution < 1.29 is 13.9 Å². The van der Waals surface area contributed by atoms with Gasteiger partial charge in [0.05, 0.1) is 13.2 Å². The number of hydrogen-bond acceptors (Lipinski definition) is 5. The quantitative estimate of drug-likeness (QED) is 0.563. The second-order valence-electron chi connectivity index (χ2n) is 6.09. The molecule has 2 heterocycles. The fourth-order valence-electron chi connectivity index (χ4n) is 2.77. The number of benzene rings is 1. The highest BCUT2D eigenvalue weighted by Crippen LogP contribution is 2.25. The molecule has 1 amide bonds. The molecular formula is C20H20BrN3O3. The van der Waals surface area contributed by atoms with Crippen LogP contribution in [0.15, 0.2) is 50.9 Å². The number of nitrogens with zero attached hydrogens (tertiary/aromatic N) is 2. The molecular weight excluding hydrogens is 410 g/mol. The van der Waals surface area contributed by atoms with Crippen LogP contribution in [0.25, 0.3) is 17.4 Å². The summed E-state index contributed by atoms with van der Waals surface area (Å²) in [6.07, 6.45) is 1.46. The van der Waals surface area contributed by atoms with Crippen molar-refractivity contribution in [3.8, 4) is 17.4 Å². The SMILES string of the molecule is N#CC(=Cc1ccc(-c2cccc(Br)c2)o1)C(=O)NCCN1CCOCC1. The average molecular weight is 430 g/mol. The number of nitrogens with one attached hydrogen (secondary N) is 1. The molecule has 1 N–H and O–H groups in total. The Morgan fingerprint density at radius 1 is 1.30 bits per heavy atom. The van der Waals surface area contributed by atoms with Crippen LogP contribution in [0, 0.1) is 11.3 Å². The largest absolute Gasteiger partial charge is 0.457 e. The molecule has 1 aliphatic heterocycles. The van der Waals surface area contributed by atoms with Crippen LogP contribution in [0.4, 0.5) is 0 Å². The molecule has 27 heavy (non-hydrogen) atoms. The molecule has 0 unspecified atom stereocenters. The molecule has 2 aromatic rings. The van der Waals surface area contributed by atoms with Crippen molar-refractivity contribution in [2.24, 2.45) is 0 Å². The summed E-state index contributed by atoms with van der Waals surface area (Å²) < 4.78 is 12.0. The van der Waals surface area contributed by atoms with Gasteiger partial charge in [0, 0.05) is 42.3 Å². The second-order valence-corrected chi connectivity index (χ2v) is 7.01. The Morgan fingerprint density at radius 2 is 2.11 bits per heavy atom. The smallest absolute Gasteiger partial charge is 0.262 e. The van der Waals surface area contributed by atoms with Gasteiger partial charge in [-0.2, -0.15) is 5.26 Å². The lowest BCUT2D eigenvalue weighted by Crippen LogP contribution is -2.41. The number of furan rings is 1. The first kappa shape index (κ1) is 19.4. The van der Waals surface area contributed by atoms with Crippen LogP contribution in [-0.4, -0.2) is 50.2 Å². The van der Waals surface area contributed by atoms with Crippen molar-refractivity contribution in [2.45, 2.75) is 0 Å². The van der Waals surface area contributed by atoms with E-state index in [-0.39, 0.29) is 5.57 Å². The van der Waals surface area contributed by atoms with E-state index in [9.17, 15) is 10.1 Å². The number of carbonyl (C=O) groups is 1. The highest BCUT2D eigenvalue weighted by molar-refractivity contribution is 9.10. The molecule has 1 aromatic carbocycles. The van der Waals surface area contributed by atoms with Gasteiger partial charge in [-0.3, -0.25) is 9.69 Å². The standard InChI is InChI=1S/C20H20BrN3O3/c21-17-3-1-2-15(12-17)19-5-4-18(27-19)13-16(14-22)20(25)23-6-7-24-8-10-26-11-9-24/h1-5,12-13H,6-11H2,(H,23,25). The van der Waals surface area contributed by atoms with Gasteiger partial charge >= 0.3 is 0 Å². The zero-order chi connectivity index (χ0) is 19.1. The Balaban J connectivity index is 1.60. The molecule has 0 aliphatic carbocycles. The molecule has 1 aromatic heterocycles. The third kappa shape index (κ3) is 5.54. The maximum absolute atomic E-state index is 12.2. The maximum Gasteiger partial charge on any atom is 0.262 e. The summed E-state index contributed by atoms with van der Waals surface area (Å²) in [5, 5.41) is 12.1. The van der Waals surface area contributed by atoms with E-state index in [4.69, 9.17) is 9.15 Å². The molecule has 0 bridgehead atoms. The van der Waals surface area contributed by atoms with E-state index < -0.39 is 5.91 Å². The van der Waals surface area contributed by atoms with Crippen molar-refractivity contribution in [2.75, 3.05) is 39.4 Å². The predicted octanol–water partition coefficient (Wildman–Crippen LogP) is 3.06. The molecule has 0 spiro atoms. The fraction of sp³-hybridized carbons (Fsp3) is 0.300. The van der Waals surface area contributed by atoms with Gasteiger partial charge in [0.2, 0.25) is 0 Å². The van der Waals surface area contributed by atoms with Crippen LogP contribution >= 0.6 is 15.9 Å². The number of amides is 1. The summed E-state index contributed by atoms with van der Waals surface area (Å²) in [4.78, 5) is 14.5. The predicted molar refractivity (Wildman–Crippen MR) is 106 cm³/mol. The van der Waals surface area contributed by atoms with Gasteiger partial charge in [-0.1, -0.05) is 28.1 Å². The Morgan fingerprint density at radius 3 is 2.85 bits per heavy atom. The van der Waals surface area contributed by atoms with Gasteiger partial charge in [-0.25, -0.2) is 0 Å². The Kier molecular flexibility index (Phi) is 6.82. The normalized spacial score (nSPS) is 15.3. The maximum atomic E-state index is 12.2. The second kappa shape index (κ2) is 9.51. The minimum atomic E-state index is -0.397. The van der Waals surface area contributed by atoms with Crippen molar-refractivity contribution in [3.05, 3.63) is 52.2 Å². The Labute approximate surface area is 166 Å². The molecule has 1 saturated heterocycles. The molecule has 0 radical (unpaired) electrons. The minimum absolute atomic E-state index is 0.0205. The average Bonchev–Trinajstić information content (AvgIpc) is 3.15. The third-order valence-electron chi connectivity index (χ3n) is 4.20. The van der Waals surface area contributed by atoms with Crippen molar-refractivity contribution in [1.82, 2.24) is 10.2 Å². The summed E-state index contributed by atoms with van der Waals surface area (Å²) in [7, 11) is 0. The molecule has 7 heteroatoms. The first-order chi connectivity index (χ1) is 13.2. The molecule has 140 valence electrons. The number of rotatable bonds is 6. The van der Waals surface area contributed by atoms with E-state index in [0.29, 0.717) is 18.1 Å². The number of hydrogen-bond donors (Lipinski definition) is 1. The lowest BCUT2D eigenvalue weighted by molar-refractivity contribution is -0.117. The molecule has 0 atom stereocenters.